The van der Waals surface area contributed by atoms with Crippen molar-refractivity contribution in [3.63, 3.8) is 0 Å². The fourth-order valence-corrected chi connectivity index (χ4v) is 1.81. The van der Waals surface area contributed by atoms with Crippen molar-refractivity contribution in [3.05, 3.63) is 54.1 Å². The number of azo groups is 1. The highest BCUT2D eigenvalue weighted by atomic mass is 79.9. The smallest absolute Gasteiger partial charge is 0.119 e. The summed E-state index contributed by atoms with van der Waals surface area (Å²) in [6.07, 6.45) is 0.995. The van der Waals surface area contributed by atoms with Crippen LogP contribution in [0.25, 0.3) is 0 Å². The van der Waals surface area contributed by atoms with Gasteiger partial charge < -0.3 is 4.74 Å². The number of hydrogen-bond acceptors (Lipinski definition) is 3. The van der Waals surface area contributed by atoms with Crippen LogP contribution in [0.1, 0.15) is 12.0 Å². The number of rotatable bonds is 6. The Morgan fingerprint density at radius 1 is 0.900 bits per heavy atom. The molecule has 0 saturated carbocycles. The summed E-state index contributed by atoms with van der Waals surface area (Å²) < 4.78 is 5.58. The molecule has 0 saturated heterocycles. The Kier molecular flexibility index (Phi) is 5.74. The molecule has 0 radical (unpaired) electrons. The van der Waals surface area contributed by atoms with E-state index in [4.69, 9.17) is 4.74 Å². The van der Waals surface area contributed by atoms with E-state index in [1.807, 2.05) is 48.5 Å². The standard InChI is InChI=1S/C16H17BrN2O/c1-13-3-5-14(6-4-13)18-19-15-7-9-16(10-8-15)20-12-2-11-17/h3-10H,2,11-12H2,1H3. The normalized spacial score (nSPS) is 10.9. The van der Waals surface area contributed by atoms with Crippen LogP contribution in [0.3, 0.4) is 0 Å². The van der Waals surface area contributed by atoms with Gasteiger partial charge in [0.05, 0.1) is 18.0 Å². The van der Waals surface area contributed by atoms with E-state index in [-0.39, 0.29) is 0 Å². The minimum absolute atomic E-state index is 0.718. The van der Waals surface area contributed by atoms with Gasteiger partial charge in [-0.25, -0.2) is 0 Å². The van der Waals surface area contributed by atoms with Gasteiger partial charge in [0.1, 0.15) is 5.75 Å². The lowest BCUT2D eigenvalue weighted by molar-refractivity contribution is 0.319. The summed E-state index contributed by atoms with van der Waals surface area (Å²) in [5, 5.41) is 9.36. The van der Waals surface area contributed by atoms with Gasteiger partial charge in [-0.1, -0.05) is 33.6 Å². The van der Waals surface area contributed by atoms with Crippen LogP contribution in [-0.2, 0) is 0 Å². The molecular formula is C16H17BrN2O. The molecule has 2 rings (SSSR count). The highest BCUT2D eigenvalue weighted by Crippen LogP contribution is 2.21. The molecule has 0 bridgehead atoms. The molecule has 2 aromatic carbocycles. The van der Waals surface area contributed by atoms with Crippen LogP contribution in [0.15, 0.2) is 58.8 Å². The number of benzene rings is 2. The van der Waals surface area contributed by atoms with E-state index in [1.165, 1.54) is 5.56 Å². The minimum atomic E-state index is 0.718. The van der Waals surface area contributed by atoms with Crippen molar-refractivity contribution in [2.45, 2.75) is 13.3 Å². The zero-order chi connectivity index (χ0) is 14.2. The largest absolute Gasteiger partial charge is 0.494 e. The van der Waals surface area contributed by atoms with Crippen LogP contribution in [-0.4, -0.2) is 11.9 Å². The summed E-state index contributed by atoms with van der Waals surface area (Å²) in [6, 6.07) is 15.6. The molecule has 0 unspecified atom stereocenters. The van der Waals surface area contributed by atoms with Gasteiger partial charge in [0.2, 0.25) is 0 Å². The van der Waals surface area contributed by atoms with Gasteiger partial charge in [-0.3, -0.25) is 0 Å². The molecule has 0 fully saturated rings. The van der Waals surface area contributed by atoms with Crippen molar-refractivity contribution in [1.29, 1.82) is 0 Å². The number of alkyl halides is 1. The molecule has 0 aliphatic heterocycles. The van der Waals surface area contributed by atoms with Gasteiger partial charge >= 0.3 is 0 Å². The molecule has 0 spiro atoms. The van der Waals surface area contributed by atoms with E-state index >= 15 is 0 Å². The Labute approximate surface area is 127 Å². The Morgan fingerprint density at radius 2 is 1.45 bits per heavy atom. The number of nitrogens with zero attached hydrogens (tertiary/aromatic N) is 2. The molecule has 3 nitrogen and oxygen atoms in total. The molecule has 104 valence electrons. The molecular weight excluding hydrogens is 316 g/mol. The predicted octanol–water partition coefficient (Wildman–Crippen LogP) is 5.57. The van der Waals surface area contributed by atoms with E-state index in [2.05, 4.69) is 33.1 Å². The van der Waals surface area contributed by atoms with Gasteiger partial charge in [0.15, 0.2) is 0 Å². The summed E-state index contributed by atoms with van der Waals surface area (Å²) in [7, 11) is 0. The van der Waals surface area contributed by atoms with E-state index in [9.17, 15) is 0 Å². The first-order chi connectivity index (χ1) is 9.78. The second-order valence-electron chi connectivity index (χ2n) is 4.42. The Hall–Kier alpha value is -1.68. The Bertz CT molecular complexity index is 550. The third-order valence-electron chi connectivity index (χ3n) is 2.70. The fraction of sp³-hybridized carbons (Fsp3) is 0.250. The van der Waals surface area contributed by atoms with Crippen molar-refractivity contribution in [2.75, 3.05) is 11.9 Å². The van der Waals surface area contributed by atoms with Gasteiger partial charge in [-0.2, -0.15) is 10.2 Å². The topological polar surface area (TPSA) is 34.0 Å². The third kappa shape index (κ3) is 4.78. The first kappa shape index (κ1) is 14.7. The maximum atomic E-state index is 5.58. The summed E-state index contributed by atoms with van der Waals surface area (Å²) >= 11 is 3.37. The monoisotopic (exact) mass is 332 g/mol. The van der Waals surface area contributed by atoms with Crippen LogP contribution in [0.4, 0.5) is 11.4 Å². The quantitative estimate of drug-likeness (QED) is 0.386. The highest BCUT2D eigenvalue weighted by molar-refractivity contribution is 9.09. The SMILES string of the molecule is Cc1ccc(N=Nc2ccc(OCCCBr)cc2)cc1. The molecule has 20 heavy (non-hydrogen) atoms. The second-order valence-corrected chi connectivity index (χ2v) is 5.21. The molecule has 2 aromatic rings. The van der Waals surface area contributed by atoms with Gasteiger partial charge in [0, 0.05) is 5.33 Å². The number of hydrogen-bond donors (Lipinski definition) is 0. The molecule has 0 aromatic heterocycles. The van der Waals surface area contributed by atoms with Crippen LogP contribution < -0.4 is 4.74 Å². The molecule has 4 heteroatoms. The van der Waals surface area contributed by atoms with Crippen LogP contribution in [0.2, 0.25) is 0 Å². The van der Waals surface area contributed by atoms with Crippen LogP contribution >= 0.6 is 15.9 Å². The van der Waals surface area contributed by atoms with Gasteiger partial charge in [-0.05, 0) is 49.7 Å². The number of halogens is 1. The predicted molar refractivity (Wildman–Crippen MR) is 85.7 cm³/mol. The number of ether oxygens (including phenoxy) is 1. The Morgan fingerprint density at radius 3 is 2.00 bits per heavy atom. The molecule has 0 atom stereocenters. The minimum Gasteiger partial charge on any atom is -0.494 e. The average Bonchev–Trinajstić information content (AvgIpc) is 2.48. The van der Waals surface area contributed by atoms with Crippen LogP contribution in [0, 0.1) is 6.92 Å². The Balaban J connectivity index is 1.94. The lowest BCUT2D eigenvalue weighted by Gasteiger charge is -2.04. The summed E-state index contributed by atoms with van der Waals surface area (Å²) in [5.74, 6) is 0.861. The molecule has 0 aliphatic rings. The third-order valence-corrected chi connectivity index (χ3v) is 3.26. The van der Waals surface area contributed by atoms with Crippen LogP contribution in [0.5, 0.6) is 5.75 Å². The number of aryl methyl sites for hydroxylation is 1. The van der Waals surface area contributed by atoms with Crippen molar-refractivity contribution in [2.24, 2.45) is 10.2 Å². The van der Waals surface area contributed by atoms with Crippen molar-refractivity contribution in [1.82, 2.24) is 0 Å². The van der Waals surface area contributed by atoms with Gasteiger partial charge in [-0.15, -0.1) is 0 Å². The summed E-state index contributed by atoms with van der Waals surface area (Å²) in [6.45, 7) is 2.77. The lowest BCUT2D eigenvalue weighted by Crippen LogP contribution is -1.96. The molecule has 0 aliphatic carbocycles. The van der Waals surface area contributed by atoms with Crippen molar-refractivity contribution >= 4 is 27.3 Å². The first-order valence-electron chi connectivity index (χ1n) is 6.55. The van der Waals surface area contributed by atoms with Crippen molar-refractivity contribution < 1.29 is 4.74 Å². The summed E-state index contributed by atoms with van der Waals surface area (Å²) in [4.78, 5) is 0. The van der Waals surface area contributed by atoms with Gasteiger partial charge in [0.25, 0.3) is 0 Å². The molecule has 0 heterocycles. The zero-order valence-corrected chi connectivity index (χ0v) is 13.0. The van der Waals surface area contributed by atoms with Crippen molar-refractivity contribution in [3.8, 4) is 5.75 Å². The maximum absolute atomic E-state index is 5.58. The lowest BCUT2D eigenvalue weighted by atomic mass is 10.2. The maximum Gasteiger partial charge on any atom is 0.119 e. The van der Waals surface area contributed by atoms with E-state index in [1.54, 1.807) is 0 Å². The summed E-state index contributed by atoms with van der Waals surface area (Å²) in [5.41, 5.74) is 2.89. The fourth-order valence-electron chi connectivity index (χ4n) is 1.58. The molecule has 0 N–H and O–H groups in total. The zero-order valence-electron chi connectivity index (χ0n) is 11.4. The van der Waals surface area contributed by atoms with E-state index < -0.39 is 0 Å². The van der Waals surface area contributed by atoms with E-state index in [0.717, 1.165) is 35.5 Å². The first-order valence-corrected chi connectivity index (χ1v) is 7.67. The molecule has 0 amide bonds. The second kappa shape index (κ2) is 7.80. The van der Waals surface area contributed by atoms with E-state index in [0.29, 0.717) is 0 Å². The average molecular weight is 333 g/mol. The highest BCUT2D eigenvalue weighted by Gasteiger charge is 1.95.